The fourth-order valence-electron chi connectivity index (χ4n) is 6.40. The first-order valence-electron chi connectivity index (χ1n) is 20.1. The minimum Gasteiger partial charge on any atom is -0.516 e. The topological polar surface area (TPSA) is 52.6 Å². The third-order valence-electron chi connectivity index (χ3n) is 9.37. The van der Waals surface area contributed by atoms with Gasteiger partial charge in [0, 0.05) is 12.2 Å². The predicted octanol–water partition coefficient (Wildman–Crippen LogP) is 13.6. The molecule has 0 rings (SSSR count). The van der Waals surface area contributed by atoms with Crippen LogP contribution in [0.4, 0.5) is 0 Å². The van der Waals surface area contributed by atoms with Crippen LogP contribution in [0.3, 0.4) is 0 Å². The lowest BCUT2D eigenvalue weighted by atomic mass is 10.1. The summed E-state index contributed by atoms with van der Waals surface area (Å²) >= 11 is 0. The zero-order chi connectivity index (χ0) is 33.1. The Hall–Kier alpha value is -1.10. The number of carbonyl (C=O) groups is 2. The van der Waals surface area contributed by atoms with Gasteiger partial charge in [0.25, 0.3) is 8.32 Å². The molecule has 0 aliphatic rings. The molecule has 5 heteroatoms. The van der Waals surface area contributed by atoms with Gasteiger partial charge in [-0.15, -0.1) is 0 Å². The zero-order valence-corrected chi connectivity index (χ0v) is 31.9. The van der Waals surface area contributed by atoms with Crippen molar-refractivity contribution in [3.05, 3.63) is 12.2 Å². The van der Waals surface area contributed by atoms with Crippen LogP contribution in [0.2, 0.25) is 18.1 Å². The van der Waals surface area contributed by atoms with Crippen LogP contribution in [0.25, 0.3) is 0 Å². The Balaban J connectivity index is 4.91. The van der Waals surface area contributed by atoms with Crippen molar-refractivity contribution in [2.24, 2.45) is 0 Å². The SMILES string of the molecule is CCCCCCCCCCCCOC(=O)C=CC(=O)O[Si](CCCCCCCC)(CCCCCCCC)CCCCCCCC. The van der Waals surface area contributed by atoms with Crippen LogP contribution in [-0.2, 0) is 18.8 Å². The summed E-state index contributed by atoms with van der Waals surface area (Å²) in [6.45, 7) is 9.48. The second-order valence-electron chi connectivity index (χ2n) is 13.8. The summed E-state index contributed by atoms with van der Waals surface area (Å²) in [6, 6.07) is 3.23. The van der Waals surface area contributed by atoms with E-state index in [0.29, 0.717) is 6.61 Å². The molecule has 0 bridgehead atoms. The second kappa shape index (κ2) is 34.2. The number of hydrogen-bond acceptors (Lipinski definition) is 4. The molecule has 0 saturated heterocycles. The van der Waals surface area contributed by atoms with Gasteiger partial charge in [0.2, 0.25) is 0 Å². The average molecular weight is 651 g/mol. The van der Waals surface area contributed by atoms with E-state index in [0.717, 1.165) is 31.0 Å². The molecular weight excluding hydrogens is 573 g/mol. The van der Waals surface area contributed by atoms with Gasteiger partial charge in [-0.1, -0.05) is 201 Å². The highest BCUT2D eigenvalue weighted by molar-refractivity contribution is 6.75. The van der Waals surface area contributed by atoms with Gasteiger partial charge in [-0.25, -0.2) is 9.59 Å². The molecule has 0 heterocycles. The van der Waals surface area contributed by atoms with Crippen LogP contribution in [0.5, 0.6) is 0 Å². The van der Waals surface area contributed by atoms with E-state index in [-0.39, 0.29) is 5.97 Å². The van der Waals surface area contributed by atoms with Crippen molar-refractivity contribution in [3.8, 4) is 0 Å². The van der Waals surface area contributed by atoms with Crippen LogP contribution in [0.15, 0.2) is 12.2 Å². The number of carbonyl (C=O) groups excluding carboxylic acids is 2. The van der Waals surface area contributed by atoms with Crippen molar-refractivity contribution in [1.82, 2.24) is 0 Å². The largest absolute Gasteiger partial charge is 0.516 e. The van der Waals surface area contributed by atoms with E-state index in [1.165, 1.54) is 179 Å². The van der Waals surface area contributed by atoms with Gasteiger partial charge < -0.3 is 9.16 Å². The first kappa shape index (κ1) is 43.9. The van der Waals surface area contributed by atoms with E-state index in [1.807, 2.05) is 0 Å². The fraction of sp³-hybridized carbons (Fsp3) is 0.900. The van der Waals surface area contributed by atoms with Crippen molar-refractivity contribution in [2.45, 2.75) is 226 Å². The lowest BCUT2D eigenvalue weighted by molar-refractivity contribution is -0.138. The molecule has 0 aromatic carbocycles. The van der Waals surface area contributed by atoms with Gasteiger partial charge in [0.1, 0.15) is 0 Å². The maximum atomic E-state index is 13.2. The number of ether oxygens (including phenoxy) is 1. The smallest absolute Gasteiger partial charge is 0.331 e. The molecule has 45 heavy (non-hydrogen) atoms. The lowest BCUT2D eigenvalue weighted by Crippen LogP contribution is -2.40. The van der Waals surface area contributed by atoms with Gasteiger partial charge in [0.05, 0.1) is 6.61 Å². The molecular formula is C40H78O4Si. The van der Waals surface area contributed by atoms with Crippen LogP contribution < -0.4 is 0 Å². The maximum Gasteiger partial charge on any atom is 0.331 e. The maximum absolute atomic E-state index is 13.2. The molecule has 0 N–H and O–H groups in total. The highest BCUT2D eigenvalue weighted by atomic mass is 28.4. The molecule has 0 aromatic rings. The van der Waals surface area contributed by atoms with Crippen LogP contribution in [-0.4, -0.2) is 26.9 Å². The first-order valence-corrected chi connectivity index (χ1v) is 22.6. The third kappa shape index (κ3) is 30.0. The first-order chi connectivity index (χ1) is 22.0. The molecule has 0 saturated carbocycles. The van der Waals surface area contributed by atoms with Crippen molar-refractivity contribution in [3.63, 3.8) is 0 Å². The summed E-state index contributed by atoms with van der Waals surface area (Å²) in [5.41, 5.74) is 0. The Labute approximate surface area is 282 Å². The molecule has 0 unspecified atom stereocenters. The van der Waals surface area contributed by atoms with Crippen molar-refractivity contribution >= 4 is 20.3 Å². The Morgan fingerprint density at radius 2 is 0.689 bits per heavy atom. The molecule has 0 fully saturated rings. The van der Waals surface area contributed by atoms with Crippen molar-refractivity contribution < 1.29 is 18.8 Å². The number of esters is 1. The van der Waals surface area contributed by atoms with E-state index in [9.17, 15) is 9.59 Å². The van der Waals surface area contributed by atoms with E-state index in [1.54, 1.807) is 0 Å². The summed E-state index contributed by atoms with van der Waals surface area (Å²) in [5.74, 6) is -0.738. The van der Waals surface area contributed by atoms with Gasteiger partial charge in [-0.3, -0.25) is 0 Å². The summed E-state index contributed by atoms with van der Waals surface area (Å²) in [6.07, 6.45) is 37.9. The van der Waals surface area contributed by atoms with E-state index in [2.05, 4.69) is 27.7 Å². The number of unbranched alkanes of at least 4 members (excludes halogenated alkanes) is 24. The monoisotopic (exact) mass is 651 g/mol. The summed E-state index contributed by atoms with van der Waals surface area (Å²) in [7, 11) is -2.25. The van der Waals surface area contributed by atoms with Gasteiger partial charge >= 0.3 is 11.9 Å². The molecule has 0 aliphatic carbocycles. The highest BCUT2D eigenvalue weighted by Crippen LogP contribution is 2.31. The Kier molecular flexibility index (Phi) is 33.4. The molecule has 0 atom stereocenters. The molecule has 4 nitrogen and oxygen atoms in total. The highest BCUT2D eigenvalue weighted by Gasteiger charge is 2.36. The molecule has 0 aromatic heterocycles. The average Bonchev–Trinajstić information content (AvgIpc) is 3.04. The van der Waals surface area contributed by atoms with Crippen molar-refractivity contribution in [2.75, 3.05) is 6.61 Å². The summed E-state index contributed by atoms with van der Waals surface area (Å²) in [5, 5.41) is 0. The molecule has 0 radical (unpaired) electrons. The van der Waals surface area contributed by atoms with Gasteiger partial charge in [0.15, 0.2) is 0 Å². The van der Waals surface area contributed by atoms with Gasteiger partial charge in [-0.2, -0.15) is 0 Å². The third-order valence-corrected chi connectivity index (χ3v) is 13.8. The molecule has 0 aliphatic heterocycles. The summed E-state index contributed by atoms with van der Waals surface area (Å²) < 4.78 is 11.9. The second-order valence-corrected chi connectivity index (χ2v) is 17.9. The predicted molar refractivity (Wildman–Crippen MR) is 198 cm³/mol. The minimum atomic E-state index is -2.25. The Morgan fingerprint density at radius 3 is 1.04 bits per heavy atom. The molecule has 266 valence electrons. The standard InChI is InChI=1S/C40H78O4Si/c1-5-9-13-17-21-22-23-24-25-29-35-43-39(41)33-34-40(42)44-45(36-30-26-18-14-10-6-2,37-31-27-19-15-11-7-3)38-32-28-20-16-12-8-4/h33-34H,5-32,35-38H2,1-4H3. The number of rotatable bonds is 35. The fourth-order valence-corrected chi connectivity index (χ4v) is 10.6. The number of hydrogen-bond donors (Lipinski definition) is 0. The van der Waals surface area contributed by atoms with Gasteiger partial charge in [-0.05, 0) is 24.6 Å². The molecule has 0 amide bonds. The van der Waals surface area contributed by atoms with Crippen LogP contribution in [0.1, 0.15) is 207 Å². The van der Waals surface area contributed by atoms with Crippen LogP contribution >= 0.6 is 0 Å². The molecule has 0 spiro atoms. The Morgan fingerprint density at radius 1 is 0.400 bits per heavy atom. The summed E-state index contributed by atoms with van der Waals surface area (Å²) in [4.78, 5) is 25.5. The zero-order valence-electron chi connectivity index (χ0n) is 30.9. The Bertz CT molecular complexity index is 636. The minimum absolute atomic E-state index is 0.319. The van der Waals surface area contributed by atoms with E-state index < -0.39 is 14.3 Å². The normalized spacial score (nSPS) is 11.8. The quantitative estimate of drug-likeness (QED) is 0.0296. The van der Waals surface area contributed by atoms with E-state index in [4.69, 9.17) is 9.16 Å². The van der Waals surface area contributed by atoms with Crippen molar-refractivity contribution in [1.29, 1.82) is 0 Å². The van der Waals surface area contributed by atoms with E-state index >= 15 is 0 Å². The van der Waals surface area contributed by atoms with Crippen LogP contribution in [0, 0.1) is 0 Å². The lowest BCUT2D eigenvalue weighted by Gasteiger charge is -2.31.